The Morgan fingerprint density at radius 1 is 1.30 bits per heavy atom. The third kappa shape index (κ3) is 3.63. The summed E-state index contributed by atoms with van der Waals surface area (Å²) in [4.78, 5) is 15.2. The number of nitrogens with one attached hydrogen (secondary N) is 1. The van der Waals surface area contributed by atoms with Gasteiger partial charge in [-0.15, -0.1) is 22.7 Å². The number of thiophene rings is 2. The molecule has 1 fully saturated rings. The smallest absolute Gasteiger partial charge is 0.261 e. The van der Waals surface area contributed by atoms with Crippen molar-refractivity contribution in [2.24, 2.45) is 0 Å². The number of carbonyl (C=O) groups is 1. The van der Waals surface area contributed by atoms with Crippen LogP contribution >= 0.6 is 34.3 Å². The number of aliphatic hydroxyl groups is 1. The van der Waals surface area contributed by atoms with Crippen molar-refractivity contribution in [1.82, 2.24) is 5.32 Å². The van der Waals surface area contributed by atoms with E-state index >= 15 is 0 Å². The van der Waals surface area contributed by atoms with Crippen molar-refractivity contribution < 1.29 is 9.90 Å². The molecule has 2 heterocycles. The van der Waals surface area contributed by atoms with E-state index < -0.39 is 6.10 Å². The van der Waals surface area contributed by atoms with E-state index in [4.69, 9.17) is 11.6 Å². The Kier molecular flexibility index (Phi) is 5.11. The van der Waals surface area contributed by atoms with Gasteiger partial charge in [0.15, 0.2) is 0 Å². The lowest BCUT2D eigenvalue weighted by atomic mass is 9.84. The summed E-state index contributed by atoms with van der Waals surface area (Å²) in [5, 5.41) is 12.9. The fraction of sp³-hybridized carbons (Fsp3) is 0.471. The quantitative estimate of drug-likeness (QED) is 0.798. The predicted molar refractivity (Wildman–Crippen MR) is 96.8 cm³/mol. The summed E-state index contributed by atoms with van der Waals surface area (Å²) >= 11 is 8.88. The van der Waals surface area contributed by atoms with Crippen LogP contribution in [0.15, 0.2) is 24.3 Å². The Balaban J connectivity index is 1.74. The summed E-state index contributed by atoms with van der Waals surface area (Å²) < 4.78 is 0.630. The number of amides is 1. The molecule has 6 heteroatoms. The van der Waals surface area contributed by atoms with Crippen LogP contribution in [0, 0.1) is 0 Å². The maximum Gasteiger partial charge on any atom is 0.261 e. The summed E-state index contributed by atoms with van der Waals surface area (Å²) in [5.74, 6) is -0.0551. The van der Waals surface area contributed by atoms with E-state index in [2.05, 4.69) is 11.4 Å². The monoisotopic (exact) mass is 369 g/mol. The molecule has 3 nitrogen and oxygen atoms in total. The minimum atomic E-state index is -0.435. The molecule has 1 aliphatic carbocycles. The Bertz CT molecular complexity index is 686. The largest absolute Gasteiger partial charge is 0.388 e. The van der Waals surface area contributed by atoms with Crippen molar-refractivity contribution in [3.63, 3.8) is 0 Å². The SMILES string of the molecule is CC(O)c1ccc(C2(CNC(=O)c3ccc(Cl)s3)CCCC2)s1. The maximum atomic E-state index is 12.3. The van der Waals surface area contributed by atoms with Gasteiger partial charge < -0.3 is 10.4 Å². The van der Waals surface area contributed by atoms with Gasteiger partial charge >= 0.3 is 0 Å². The number of aliphatic hydroxyl groups excluding tert-OH is 1. The standard InChI is InChI=1S/C17H20ClNO2S2/c1-11(20)12-4-6-14(22-12)17(8-2-3-9-17)10-19-16(21)13-5-7-15(18)23-13/h4-7,11,20H,2-3,8-10H2,1H3,(H,19,21). The minimum absolute atomic E-state index is 0.00845. The highest BCUT2D eigenvalue weighted by molar-refractivity contribution is 7.18. The van der Waals surface area contributed by atoms with Crippen LogP contribution in [0.25, 0.3) is 0 Å². The first-order valence-electron chi connectivity index (χ1n) is 7.82. The first-order valence-corrected chi connectivity index (χ1v) is 9.83. The molecule has 1 saturated carbocycles. The number of hydrogen-bond donors (Lipinski definition) is 2. The van der Waals surface area contributed by atoms with Gasteiger partial charge in [0.25, 0.3) is 5.91 Å². The Morgan fingerprint density at radius 3 is 2.61 bits per heavy atom. The van der Waals surface area contributed by atoms with Gasteiger partial charge in [-0.1, -0.05) is 24.4 Å². The lowest BCUT2D eigenvalue weighted by Gasteiger charge is -2.28. The van der Waals surface area contributed by atoms with Crippen molar-refractivity contribution in [2.75, 3.05) is 6.54 Å². The average molecular weight is 370 g/mol. The van der Waals surface area contributed by atoms with E-state index in [9.17, 15) is 9.90 Å². The van der Waals surface area contributed by atoms with Gasteiger partial charge in [0.2, 0.25) is 0 Å². The van der Waals surface area contributed by atoms with Gasteiger partial charge in [-0.2, -0.15) is 0 Å². The molecule has 2 aromatic rings. The van der Waals surface area contributed by atoms with E-state index in [0.717, 1.165) is 17.7 Å². The Labute approximate surface area is 149 Å². The molecular formula is C17H20ClNO2S2. The first kappa shape index (κ1) is 17.0. The molecular weight excluding hydrogens is 350 g/mol. The van der Waals surface area contributed by atoms with Crippen LogP contribution in [0.1, 0.15) is 58.1 Å². The fourth-order valence-corrected chi connectivity index (χ4v) is 5.35. The first-order chi connectivity index (χ1) is 11.0. The zero-order valence-corrected chi connectivity index (χ0v) is 15.4. The summed E-state index contributed by atoms with van der Waals surface area (Å²) in [7, 11) is 0. The van der Waals surface area contributed by atoms with Crippen molar-refractivity contribution in [1.29, 1.82) is 0 Å². The number of hydrogen-bond acceptors (Lipinski definition) is 4. The molecule has 2 aromatic heterocycles. The summed E-state index contributed by atoms with van der Waals surface area (Å²) in [6, 6.07) is 7.64. The number of carbonyl (C=O) groups excluding carboxylic acids is 1. The van der Waals surface area contributed by atoms with Crippen molar-refractivity contribution >= 4 is 40.2 Å². The average Bonchev–Trinajstić information content (AvgIpc) is 3.25. The van der Waals surface area contributed by atoms with Crippen LogP contribution in [0.3, 0.4) is 0 Å². The third-order valence-corrected chi connectivity index (χ3v) is 7.24. The normalized spacial score (nSPS) is 18.0. The van der Waals surface area contributed by atoms with Gasteiger partial charge in [0, 0.05) is 21.7 Å². The Hall–Kier alpha value is -0.880. The van der Waals surface area contributed by atoms with Crippen molar-refractivity contribution in [3.05, 3.63) is 43.2 Å². The van der Waals surface area contributed by atoms with Crippen LogP contribution in [-0.2, 0) is 5.41 Å². The third-order valence-electron chi connectivity index (χ3n) is 4.51. The molecule has 1 unspecified atom stereocenters. The molecule has 0 radical (unpaired) electrons. The van der Waals surface area contributed by atoms with E-state index in [1.165, 1.54) is 29.1 Å². The van der Waals surface area contributed by atoms with Gasteiger partial charge in [0.05, 0.1) is 15.3 Å². The van der Waals surface area contributed by atoms with E-state index in [1.807, 2.05) is 6.07 Å². The van der Waals surface area contributed by atoms with Gasteiger partial charge in [-0.05, 0) is 44.0 Å². The highest BCUT2D eigenvalue weighted by Gasteiger charge is 2.37. The second-order valence-electron chi connectivity index (χ2n) is 6.15. The van der Waals surface area contributed by atoms with Crippen LogP contribution in [0.2, 0.25) is 4.34 Å². The topological polar surface area (TPSA) is 49.3 Å². The molecule has 1 atom stereocenters. The van der Waals surface area contributed by atoms with Crippen LogP contribution in [0.4, 0.5) is 0 Å². The molecule has 0 aromatic carbocycles. The fourth-order valence-electron chi connectivity index (χ4n) is 3.20. The second kappa shape index (κ2) is 6.93. The highest BCUT2D eigenvalue weighted by Crippen LogP contribution is 2.44. The molecule has 0 bridgehead atoms. The zero-order chi connectivity index (χ0) is 16.4. The predicted octanol–water partition coefficient (Wildman–Crippen LogP) is 4.76. The zero-order valence-electron chi connectivity index (χ0n) is 13.0. The summed E-state index contributed by atoms with van der Waals surface area (Å²) in [6.07, 6.45) is 4.09. The van der Waals surface area contributed by atoms with Gasteiger partial charge in [0.1, 0.15) is 0 Å². The van der Waals surface area contributed by atoms with E-state index in [-0.39, 0.29) is 11.3 Å². The lowest BCUT2D eigenvalue weighted by molar-refractivity contribution is 0.0947. The van der Waals surface area contributed by atoms with Gasteiger partial charge in [-0.25, -0.2) is 0 Å². The van der Waals surface area contributed by atoms with Crippen molar-refractivity contribution in [3.8, 4) is 0 Å². The van der Waals surface area contributed by atoms with Gasteiger partial charge in [-0.3, -0.25) is 4.79 Å². The number of halogens is 1. The minimum Gasteiger partial charge on any atom is -0.388 e. The maximum absolute atomic E-state index is 12.3. The molecule has 124 valence electrons. The lowest BCUT2D eigenvalue weighted by Crippen LogP contribution is -2.38. The molecule has 1 aliphatic rings. The molecule has 2 N–H and O–H groups in total. The van der Waals surface area contributed by atoms with Crippen LogP contribution in [-0.4, -0.2) is 17.6 Å². The molecule has 0 spiro atoms. The highest BCUT2D eigenvalue weighted by atomic mass is 35.5. The van der Waals surface area contributed by atoms with E-state index in [0.29, 0.717) is 15.8 Å². The molecule has 3 rings (SSSR count). The molecule has 0 saturated heterocycles. The van der Waals surface area contributed by atoms with Crippen molar-refractivity contribution in [2.45, 2.75) is 44.1 Å². The molecule has 0 aliphatic heterocycles. The van der Waals surface area contributed by atoms with Crippen LogP contribution in [0.5, 0.6) is 0 Å². The number of rotatable bonds is 5. The molecule has 1 amide bonds. The second-order valence-corrected chi connectivity index (χ2v) is 8.98. The van der Waals surface area contributed by atoms with Crippen LogP contribution < -0.4 is 5.32 Å². The summed E-state index contributed by atoms with van der Waals surface area (Å²) in [5.41, 5.74) is 0.00845. The van der Waals surface area contributed by atoms with E-state index in [1.54, 1.807) is 30.4 Å². The molecule has 23 heavy (non-hydrogen) atoms. The summed E-state index contributed by atoms with van der Waals surface area (Å²) in [6.45, 7) is 2.43. The Morgan fingerprint density at radius 2 is 2.04 bits per heavy atom.